The predicted molar refractivity (Wildman–Crippen MR) is 105 cm³/mol. The number of halogens is 2. The summed E-state index contributed by atoms with van der Waals surface area (Å²) in [6.45, 7) is 5.89. The van der Waals surface area contributed by atoms with Crippen molar-refractivity contribution >= 4 is 40.7 Å². The first-order valence-electron chi connectivity index (χ1n) is 9.25. The Bertz CT molecular complexity index is 799. The monoisotopic (exact) mass is 410 g/mol. The van der Waals surface area contributed by atoms with Crippen molar-refractivity contribution in [3.8, 4) is 0 Å². The standard InChI is InChI=1S/C21H24Cl2O4/c1-20(2,3)12-16(24)26-18-17(14-8-7-13(22)11-15(14)23)19(25)27-21(18)9-5-4-6-10-21/h7-8,11H,4-6,9-10,12H2,1-3H3. The van der Waals surface area contributed by atoms with Crippen molar-refractivity contribution in [2.75, 3.05) is 0 Å². The van der Waals surface area contributed by atoms with Gasteiger partial charge >= 0.3 is 11.9 Å². The molecule has 0 bridgehead atoms. The molecule has 1 saturated carbocycles. The SMILES string of the molecule is CC(C)(C)CC(=O)OC1=C(c2ccc(Cl)cc2Cl)C(=O)OC12CCCCC2. The van der Waals surface area contributed by atoms with Crippen molar-refractivity contribution < 1.29 is 19.1 Å². The lowest BCUT2D eigenvalue weighted by Gasteiger charge is -2.33. The first-order chi connectivity index (χ1) is 12.6. The molecule has 0 N–H and O–H groups in total. The molecule has 6 heteroatoms. The van der Waals surface area contributed by atoms with Gasteiger partial charge in [0, 0.05) is 10.6 Å². The minimum Gasteiger partial charge on any atom is -0.447 e. The molecule has 0 unspecified atom stereocenters. The van der Waals surface area contributed by atoms with Crippen LogP contribution in [0.3, 0.4) is 0 Å². The number of ether oxygens (including phenoxy) is 2. The summed E-state index contributed by atoms with van der Waals surface area (Å²) in [5.74, 6) is -0.561. The van der Waals surface area contributed by atoms with E-state index >= 15 is 0 Å². The van der Waals surface area contributed by atoms with Gasteiger partial charge in [0.15, 0.2) is 11.4 Å². The van der Waals surface area contributed by atoms with Crippen LogP contribution in [0.15, 0.2) is 24.0 Å². The van der Waals surface area contributed by atoms with Gasteiger partial charge in [0.25, 0.3) is 0 Å². The largest absolute Gasteiger partial charge is 0.447 e. The quantitative estimate of drug-likeness (QED) is 0.578. The molecule has 1 aliphatic heterocycles. The highest BCUT2D eigenvalue weighted by atomic mass is 35.5. The Hall–Kier alpha value is -1.52. The van der Waals surface area contributed by atoms with Gasteiger partial charge in [0.1, 0.15) is 5.57 Å². The van der Waals surface area contributed by atoms with Gasteiger partial charge in [-0.1, -0.05) is 56.5 Å². The molecule has 1 aromatic rings. The summed E-state index contributed by atoms with van der Waals surface area (Å²) in [6.07, 6.45) is 4.42. The van der Waals surface area contributed by atoms with Gasteiger partial charge < -0.3 is 9.47 Å². The Morgan fingerprint density at radius 2 is 1.85 bits per heavy atom. The van der Waals surface area contributed by atoms with E-state index in [-0.39, 0.29) is 23.4 Å². The molecule has 146 valence electrons. The Morgan fingerprint density at radius 3 is 2.44 bits per heavy atom. The van der Waals surface area contributed by atoms with Crippen LogP contribution < -0.4 is 0 Å². The number of benzene rings is 1. The molecule has 1 fully saturated rings. The highest BCUT2D eigenvalue weighted by Crippen LogP contribution is 2.48. The van der Waals surface area contributed by atoms with E-state index in [1.54, 1.807) is 18.2 Å². The summed E-state index contributed by atoms with van der Waals surface area (Å²) in [4.78, 5) is 25.4. The highest BCUT2D eigenvalue weighted by Gasteiger charge is 2.51. The van der Waals surface area contributed by atoms with E-state index in [9.17, 15) is 9.59 Å². The van der Waals surface area contributed by atoms with Gasteiger partial charge in [-0.25, -0.2) is 4.79 Å². The van der Waals surface area contributed by atoms with Gasteiger partial charge in [-0.05, 0) is 43.2 Å². The first kappa shape index (κ1) is 20.2. The van der Waals surface area contributed by atoms with Gasteiger partial charge in [-0.3, -0.25) is 4.79 Å². The summed E-state index contributed by atoms with van der Waals surface area (Å²) in [6, 6.07) is 4.89. The predicted octanol–water partition coefficient (Wildman–Crippen LogP) is 5.94. The van der Waals surface area contributed by atoms with E-state index < -0.39 is 11.6 Å². The third kappa shape index (κ3) is 4.33. The molecule has 3 rings (SSSR count). The molecule has 0 radical (unpaired) electrons. The van der Waals surface area contributed by atoms with Crippen molar-refractivity contribution in [2.24, 2.45) is 5.41 Å². The van der Waals surface area contributed by atoms with Crippen molar-refractivity contribution in [1.29, 1.82) is 0 Å². The molecular weight excluding hydrogens is 387 g/mol. The second kappa shape index (κ2) is 7.48. The van der Waals surface area contributed by atoms with Crippen LogP contribution >= 0.6 is 23.2 Å². The topological polar surface area (TPSA) is 52.6 Å². The number of hydrogen-bond acceptors (Lipinski definition) is 4. The van der Waals surface area contributed by atoms with Gasteiger partial charge in [-0.15, -0.1) is 0 Å². The van der Waals surface area contributed by atoms with Crippen LogP contribution in [-0.4, -0.2) is 17.5 Å². The smallest absolute Gasteiger partial charge is 0.343 e. The van der Waals surface area contributed by atoms with Crippen LogP contribution in [0.1, 0.15) is 64.9 Å². The molecule has 27 heavy (non-hydrogen) atoms. The molecule has 0 amide bonds. The maximum Gasteiger partial charge on any atom is 0.343 e. The van der Waals surface area contributed by atoms with Crippen LogP contribution in [-0.2, 0) is 19.1 Å². The summed E-state index contributed by atoms with van der Waals surface area (Å²) in [5, 5.41) is 0.793. The van der Waals surface area contributed by atoms with Gasteiger partial charge in [0.2, 0.25) is 0 Å². The lowest BCUT2D eigenvalue weighted by atomic mass is 9.82. The first-order valence-corrected chi connectivity index (χ1v) is 10.0. The average Bonchev–Trinajstić information content (AvgIpc) is 2.78. The van der Waals surface area contributed by atoms with Crippen molar-refractivity contribution in [3.05, 3.63) is 39.6 Å². The Balaban J connectivity index is 2.08. The lowest BCUT2D eigenvalue weighted by molar-refractivity contribution is -0.156. The molecular formula is C21H24Cl2O4. The van der Waals surface area contributed by atoms with E-state index in [1.165, 1.54) is 0 Å². The number of rotatable bonds is 3. The second-order valence-corrected chi connectivity index (χ2v) is 9.33. The molecule has 1 aromatic carbocycles. The average molecular weight is 411 g/mol. The third-order valence-electron chi connectivity index (χ3n) is 4.89. The summed E-state index contributed by atoms with van der Waals surface area (Å²) < 4.78 is 11.6. The van der Waals surface area contributed by atoms with Crippen LogP contribution in [0, 0.1) is 5.41 Å². The number of carbonyl (C=O) groups is 2. The number of esters is 2. The molecule has 2 aliphatic rings. The minimum absolute atomic E-state index is 0.223. The fourth-order valence-electron chi connectivity index (χ4n) is 3.70. The van der Waals surface area contributed by atoms with E-state index in [4.69, 9.17) is 32.7 Å². The van der Waals surface area contributed by atoms with Crippen LogP contribution in [0.25, 0.3) is 5.57 Å². The molecule has 1 heterocycles. The van der Waals surface area contributed by atoms with Crippen LogP contribution in [0.5, 0.6) is 0 Å². The van der Waals surface area contributed by atoms with E-state index in [0.717, 1.165) is 19.3 Å². The fourth-order valence-corrected chi connectivity index (χ4v) is 4.20. The zero-order valence-electron chi connectivity index (χ0n) is 15.9. The maximum atomic E-state index is 12.8. The summed E-state index contributed by atoms with van der Waals surface area (Å²) >= 11 is 12.3. The summed E-state index contributed by atoms with van der Waals surface area (Å²) in [7, 11) is 0. The summed E-state index contributed by atoms with van der Waals surface area (Å²) in [5.41, 5.74) is -0.381. The molecule has 1 spiro atoms. The van der Waals surface area contributed by atoms with E-state index in [1.807, 2.05) is 20.8 Å². The van der Waals surface area contributed by atoms with Crippen molar-refractivity contribution in [2.45, 2.75) is 64.9 Å². The van der Waals surface area contributed by atoms with Crippen molar-refractivity contribution in [3.63, 3.8) is 0 Å². The minimum atomic E-state index is -0.874. The lowest BCUT2D eigenvalue weighted by Crippen LogP contribution is -2.36. The molecule has 0 aromatic heterocycles. The fraction of sp³-hybridized carbons (Fsp3) is 0.524. The zero-order valence-corrected chi connectivity index (χ0v) is 17.4. The van der Waals surface area contributed by atoms with Crippen LogP contribution in [0.2, 0.25) is 10.0 Å². The molecule has 4 nitrogen and oxygen atoms in total. The maximum absolute atomic E-state index is 12.8. The van der Waals surface area contributed by atoms with Crippen LogP contribution in [0.4, 0.5) is 0 Å². The number of hydrogen-bond donors (Lipinski definition) is 0. The van der Waals surface area contributed by atoms with Gasteiger partial charge in [-0.2, -0.15) is 0 Å². The highest BCUT2D eigenvalue weighted by molar-refractivity contribution is 6.37. The Labute approximate surface area is 169 Å². The Kier molecular flexibility index (Phi) is 5.60. The Morgan fingerprint density at radius 1 is 1.19 bits per heavy atom. The van der Waals surface area contributed by atoms with Crippen molar-refractivity contribution in [1.82, 2.24) is 0 Å². The van der Waals surface area contributed by atoms with E-state index in [0.29, 0.717) is 34.2 Å². The van der Waals surface area contributed by atoms with Gasteiger partial charge in [0.05, 0.1) is 11.4 Å². The second-order valence-electron chi connectivity index (χ2n) is 8.48. The third-order valence-corrected chi connectivity index (χ3v) is 5.43. The molecule has 1 aliphatic carbocycles. The number of carbonyl (C=O) groups excluding carboxylic acids is 2. The van der Waals surface area contributed by atoms with E-state index in [2.05, 4.69) is 0 Å². The zero-order chi connectivity index (χ0) is 19.8. The molecule has 0 saturated heterocycles. The normalized spacial score (nSPS) is 19.4. The molecule has 0 atom stereocenters.